The summed E-state index contributed by atoms with van der Waals surface area (Å²) in [5.74, 6) is -0.343. The molecule has 0 bridgehead atoms. The lowest BCUT2D eigenvalue weighted by molar-refractivity contribution is 0.0161. The maximum atomic E-state index is 11.9. The number of ether oxygens (including phenoxy) is 2. The summed E-state index contributed by atoms with van der Waals surface area (Å²) in [5, 5.41) is 4.20. The standard InChI is InChI=1S/C16H18N2O3/c19-16(21-12-15-7-4-8-20-15)14-9-17-18(11-14)10-13-5-2-1-3-6-13/h1-3,5-6,9,11,15H,4,7-8,10,12H2. The van der Waals surface area contributed by atoms with Crippen molar-refractivity contribution in [3.63, 3.8) is 0 Å². The normalized spacial score (nSPS) is 17.8. The van der Waals surface area contributed by atoms with Crippen LogP contribution in [0, 0.1) is 0 Å². The minimum absolute atomic E-state index is 0.0494. The predicted octanol–water partition coefficient (Wildman–Crippen LogP) is 2.27. The molecule has 21 heavy (non-hydrogen) atoms. The van der Waals surface area contributed by atoms with Crippen molar-refractivity contribution >= 4 is 5.97 Å². The van der Waals surface area contributed by atoms with Crippen LogP contribution >= 0.6 is 0 Å². The number of benzene rings is 1. The van der Waals surface area contributed by atoms with Crippen LogP contribution in [0.1, 0.15) is 28.8 Å². The summed E-state index contributed by atoms with van der Waals surface area (Å²) in [5.41, 5.74) is 1.61. The molecule has 0 aliphatic carbocycles. The summed E-state index contributed by atoms with van der Waals surface area (Å²) >= 11 is 0. The Morgan fingerprint density at radius 1 is 1.38 bits per heavy atom. The van der Waals surface area contributed by atoms with Crippen LogP contribution in [0.3, 0.4) is 0 Å². The first-order valence-electron chi connectivity index (χ1n) is 7.16. The molecule has 0 saturated carbocycles. The topological polar surface area (TPSA) is 53.4 Å². The fraction of sp³-hybridized carbons (Fsp3) is 0.375. The molecule has 5 nitrogen and oxygen atoms in total. The molecule has 0 spiro atoms. The van der Waals surface area contributed by atoms with E-state index >= 15 is 0 Å². The molecule has 3 rings (SSSR count). The molecule has 1 atom stereocenters. The molecule has 1 fully saturated rings. The van der Waals surface area contributed by atoms with Crippen LogP contribution in [-0.2, 0) is 16.0 Å². The first-order valence-corrected chi connectivity index (χ1v) is 7.16. The van der Waals surface area contributed by atoms with E-state index < -0.39 is 0 Å². The molecule has 0 radical (unpaired) electrons. The first kappa shape index (κ1) is 13.8. The molecule has 1 aliphatic rings. The second-order valence-electron chi connectivity index (χ2n) is 5.15. The Labute approximate surface area is 123 Å². The second-order valence-corrected chi connectivity index (χ2v) is 5.15. The van der Waals surface area contributed by atoms with E-state index in [0.29, 0.717) is 18.7 Å². The highest BCUT2D eigenvalue weighted by Gasteiger charge is 2.18. The number of carbonyl (C=O) groups is 1. The Morgan fingerprint density at radius 2 is 2.24 bits per heavy atom. The van der Waals surface area contributed by atoms with Gasteiger partial charge in [-0.1, -0.05) is 30.3 Å². The van der Waals surface area contributed by atoms with E-state index in [0.717, 1.165) is 25.0 Å². The van der Waals surface area contributed by atoms with Crippen molar-refractivity contribution in [3.8, 4) is 0 Å². The van der Waals surface area contributed by atoms with Gasteiger partial charge in [-0.05, 0) is 18.4 Å². The van der Waals surface area contributed by atoms with E-state index in [2.05, 4.69) is 5.10 Å². The van der Waals surface area contributed by atoms with Gasteiger partial charge in [-0.25, -0.2) is 4.79 Å². The lowest BCUT2D eigenvalue weighted by atomic mass is 10.2. The SMILES string of the molecule is O=C(OCC1CCCO1)c1cnn(Cc2ccccc2)c1. The molecule has 1 aromatic heterocycles. The van der Waals surface area contributed by atoms with Crippen LogP contribution in [0.15, 0.2) is 42.7 Å². The van der Waals surface area contributed by atoms with Gasteiger partial charge in [0.15, 0.2) is 0 Å². The maximum absolute atomic E-state index is 11.9. The third-order valence-corrected chi connectivity index (χ3v) is 3.48. The summed E-state index contributed by atoms with van der Waals surface area (Å²) in [6.07, 6.45) is 5.30. The van der Waals surface area contributed by atoms with Gasteiger partial charge < -0.3 is 9.47 Å². The zero-order valence-electron chi connectivity index (χ0n) is 11.8. The molecular formula is C16H18N2O3. The molecule has 0 N–H and O–H groups in total. The van der Waals surface area contributed by atoms with Crippen molar-refractivity contribution in [1.82, 2.24) is 9.78 Å². The van der Waals surface area contributed by atoms with Crippen LogP contribution in [0.2, 0.25) is 0 Å². The van der Waals surface area contributed by atoms with Crippen LogP contribution in [0.4, 0.5) is 0 Å². The number of carbonyl (C=O) groups excluding carboxylic acids is 1. The van der Waals surface area contributed by atoms with Crippen molar-refractivity contribution < 1.29 is 14.3 Å². The van der Waals surface area contributed by atoms with Gasteiger partial charge in [0.1, 0.15) is 6.61 Å². The van der Waals surface area contributed by atoms with Gasteiger partial charge in [-0.3, -0.25) is 4.68 Å². The van der Waals surface area contributed by atoms with E-state index in [-0.39, 0.29) is 12.1 Å². The van der Waals surface area contributed by atoms with Gasteiger partial charge in [0.25, 0.3) is 0 Å². The molecule has 0 amide bonds. The Hall–Kier alpha value is -2.14. The van der Waals surface area contributed by atoms with Crippen molar-refractivity contribution in [3.05, 3.63) is 53.9 Å². The highest BCUT2D eigenvalue weighted by atomic mass is 16.6. The average Bonchev–Trinajstić information content (AvgIpc) is 3.17. The summed E-state index contributed by atoms with van der Waals surface area (Å²) in [4.78, 5) is 11.9. The van der Waals surface area contributed by atoms with E-state index in [1.54, 1.807) is 17.1 Å². The number of aromatic nitrogens is 2. The molecule has 1 aliphatic heterocycles. The number of hydrogen-bond donors (Lipinski definition) is 0. The quantitative estimate of drug-likeness (QED) is 0.791. The zero-order valence-corrected chi connectivity index (χ0v) is 11.8. The highest BCUT2D eigenvalue weighted by molar-refractivity contribution is 5.88. The van der Waals surface area contributed by atoms with Gasteiger partial charge in [0.05, 0.1) is 24.4 Å². The van der Waals surface area contributed by atoms with Gasteiger partial charge >= 0.3 is 5.97 Å². The smallest absolute Gasteiger partial charge is 0.341 e. The minimum atomic E-state index is -0.343. The fourth-order valence-corrected chi connectivity index (χ4v) is 2.35. The molecule has 2 aromatic rings. The van der Waals surface area contributed by atoms with Crippen LogP contribution in [0.5, 0.6) is 0 Å². The zero-order chi connectivity index (χ0) is 14.5. The van der Waals surface area contributed by atoms with E-state index in [1.807, 2.05) is 30.3 Å². The molecule has 1 saturated heterocycles. The summed E-state index contributed by atoms with van der Waals surface area (Å²) in [6.45, 7) is 1.72. The van der Waals surface area contributed by atoms with E-state index in [1.165, 1.54) is 0 Å². The number of rotatable bonds is 5. The Bertz CT molecular complexity index is 589. The molecular weight excluding hydrogens is 268 g/mol. The predicted molar refractivity (Wildman–Crippen MR) is 77.0 cm³/mol. The first-order chi connectivity index (χ1) is 10.3. The van der Waals surface area contributed by atoms with Gasteiger partial charge in [0.2, 0.25) is 0 Å². The largest absolute Gasteiger partial charge is 0.459 e. The maximum Gasteiger partial charge on any atom is 0.341 e. The third-order valence-electron chi connectivity index (χ3n) is 3.48. The van der Waals surface area contributed by atoms with Gasteiger partial charge in [-0.15, -0.1) is 0 Å². The summed E-state index contributed by atoms with van der Waals surface area (Å²) in [7, 11) is 0. The van der Waals surface area contributed by atoms with Gasteiger partial charge in [0, 0.05) is 12.8 Å². The molecule has 5 heteroatoms. The lowest BCUT2D eigenvalue weighted by Crippen LogP contribution is -2.17. The Morgan fingerprint density at radius 3 is 3.00 bits per heavy atom. The fourth-order valence-electron chi connectivity index (χ4n) is 2.35. The molecule has 1 unspecified atom stereocenters. The van der Waals surface area contributed by atoms with Crippen molar-refractivity contribution in [2.75, 3.05) is 13.2 Å². The Kier molecular flexibility index (Phi) is 4.31. The summed E-state index contributed by atoms with van der Waals surface area (Å²) in [6, 6.07) is 9.99. The molecule has 2 heterocycles. The molecule has 110 valence electrons. The average molecular weight is 286 g/mol. The number of hydrogen-bond acceptors (Lipinski definition) is 4. The molecule has 1 aromatic carbocycles. The van der Waals surface area contributed by atoms with E-state index in [9.17, 15) is 4.79 Å². The third kappa shape index (κ3) is 3.70. The van der Waals surface area contributed by atoms with Crippen LogP contribution in [-0.4, -0.2) is 35.1 Å². The van der Waals surface area contributed by atoms with Crippen molar-refractivity contribution in [1.29, 1.82) is 0 Å². The van der Waals surface area contributed by atoms with Gasteiger partial charge in [-0.2, -0.15) is 5.10 Å². The van der Waals surface area contributed by atoms with Crippen molar-refractivity contribution in [2.24, 2.45) is 0 Å². The van der Waals surface area contributed by atoms with Crippen molar-refractivity contribution in [2.45, 2.75) is 25.5 Å². The highest BCUT2D eigenvalue weighted by Crippen LogP contribution is 2.13. The number of esters is 1. The van der Waals surface area contributed by atoms with E-state index in [4.69, 9.17) is 9.47 Å². The lowest BCUT2D eigenvalue weighted by Gasteiger charge is -2.09. The Balaban J connectivity index is 1.55. The monoisotopic (exact) mass is 286 g/mol. The summed E-state index contributed by atoms with van der Waals surface area (Å²) < 4.78 is 12.4. The minimum Gasteiger partial charge on any atom is -0.459 e. The van der Waals surface area contributed by atoms with Crippen LogP contribution in [0.25, 0.3) is 0 Å². The number of nitrogens with zero attached hydrogens (tertiary/aromatic N) is 2. The second kappa shape index (κ2) is 6.54. The van der Waals surface area contributed by atoms with Crippen LogP contribution < -0.4 is 0 Å².